The molecule has 0 aliphatic rings. The molecule has 29 heavy (non-hydrogen) atoms. The highest BCUT2D eigenvalue weighted by atomic mass is 28.4. The summed E-state index contributed by atoms with van der Waals surface area (Å²) in [6.45, 7) is 2.51. The van der Waals surface area contributed by atoms with Crippen LogP contribution in [0.2, 0.25) is 0 Å². The van der Waals surface area contributed by atoms with E-state index in [1.165, 1.54) is 0 Å². The SMILES string of the molecule is OCCCCCO[Si](OCCCCCO)(OCCCCCO)OCCCCCO. The largest absolute Gasteiger partial charge is 0.679 e. The highest BCUT2D eigenvalue weighted by Gasteiger charge is 2.45. The fourth-order valence-corrected chi connectivity index (χ4v) is 4.68. The van der Waals surface area contributed by atoms with Gasteiger partial charge in [0.1, 0.15) is 0 Å². The standard InChI is InChI=1S/C20H44O8Si/c21-13-5-1-9-17-25-29(26-18-10-2-6-14-22,27-19-11-3-7-15-23)28-20-12-4-8-16-24/h21-24H,1-20H2. The van der Waals surface area contributed by atoms with Gasteiger partial charge in [-0.2, -0.15) is 0 Å². The van der Waals surface area contributed by atoms with E-state index in [2.05, 4.69) is 0 Å². The second-order valence-corrected chi connectivity index (χ2v) is 9.19. The molecule has 4 N–H and O–H groups in total. The Bertz CT molecular complexity index is 261. The Balaban J connectivity index is 4.69. The summed E-state index contributed by atoms with van der Waals surface area (Å²) in [4.78, 5) is 0. The first-order chi connectivity index (χ1) is 14.2. The predicted molar refractivity (Wildman–Crippen MR) is 113 cm³/mol. The topological polar surface area (TPSA) is 118 Å². The van der Waals surface area contributed by atoms with Crippen LogP contribution in [-0.2, 0) is 17.7 Å². The smallest absolute Gasteiger partial charge is 0.396 e. The molecule has 0 spiro atoms. The summed E-state index contributed by atoms with van der Waals surface area (Å²) in [5.74, 6) is 0. The quantitative estimate of drug-likeness (QED) is 0.133. The van der Waals surface area contributed by atoms with E-state index >= 15 is 0 Å². The van der Waals surface area contributed by atoms with Crippen molar-refractivity contribution in [3.63, 3.8) is 0 Å². The Morgan fingerprint density at radius 3 is 0.793 bits per heavy atom. The fraction of sp³-hybridized carbons (Fsp3) is 1.00. The molecule has 0 aliphatic carbocycles. The highest BCUT2D eigenvalue weighted by molar-refractivity contribution is 6.53. The van der Waals surface area contributed by atoms with Crippen molar-refractivity contribution in [2.45, 2.75) is 77.0 Å². The van der Waals surface area contributed by atoms with E-state index < -0.39 is 9.05 Å². The molecule has 0 bridgehead atoms. The van der Waals surface area contributed by atoms with E-state index in [9.17, 15) is 0 Å². The summed E-state index contributed by atoms with van der Waals surface area (Å²) in [7, 11) is -3.29. The Labute approximate surface area is 177 Å². The molecule has 0 aromatic carbocycles. The molecule has 0 amide bonds. The second kappa shape index (κ2) is 22.6. The van der Waals surface area contributed by atoms with Crippen molar-refractivity contribution in [3.05, 3.63) is 0 Å². The number of aliphatic hydroxyl groups excluding tert-OH is 4. The van der Waals surface area contributed by atoms with E-state index in [1.807, 2.05) is 0 Å². The van der Waals surface area contributed by atoms with Crippen molar-refractivity contribution in [3.8, 4) is 0 Å². The van der Waals surface area contributed by atoms with E-state index in [0.29, 0.717) is 26.4 Å². The lowest BCUT2D eigenvalue weighted by Gasteiger charge is -2.28. The molecule has 0 unspecified atom stereocenters. The van der Waals surface area contributed by atoms with Gasteiger partial charge in [0.15, 0.2) is 0 Å². The lowest BCUT2D eigenvalue weighted by molar-refractivity contribution is -0.0377. The van der Waals surface area contributed by atoms with Crippen LogP contribution in [0, 0.1) is 0 Å². The predicted octanol–water partition coefficient (Wildman–Crippen LogP) is 2.14. The summed E-state index contributed by atoms with van der Waals surface area (Å²) in [6, 6.07) is 0. The maximum atomic E-state index is 8.93. The third-order valence-corrected chi connectivity index (χ3v) is 6.56. The summed E-state index contributed by atoms with van der Waals surface area (Å²) in [6.07, 6.45) is 9.61. The van der Waals surface area contributed by atoms with Gasteiger partial charge in [0, 0.05) is 52.9 Å². The highest BCUT2D eigenvalue weighted by Crippen LogP contribution is 2.17. The van der Waals surface area contributed by atoms with Crippen LogP contribution in [0.25, 0.3) is 0 Å². The van der Waals surface area contributed by atoms with Crippen LogP contribution in [0.3, 0.4) is 0 Å². The number of aliphatic hydroxyl groups is 4. The fourth-order valence-electron chi connectivity index (χ4n) is 2.60. The van der Waals surface area contributed by atoms with E-state index in [1.54, 1.807) is 0 Å². The Morgan fingerprint density at radius 2 is 0.586 bits per heavy atom. The molecule has 0 aliphatic heterocycles. The van der Waals surface area contributed by atoms with Crippen molar-refractivity contribution >= 4 is 9.05 Å². The van der Waals surface area contributed by atoms with Crippen LogP contribution >= 0.6 is 0 Å². The number of hydrogen-bond donors (Lipinski definition) is 4. The van der Waals surface area contributed by atoms with E-state index in [-0.39, 0.29) is 26.4 Å². The summed E-state index contributed by atoms with van der Waals surface area (Å²) >= 11 is 0. The van der Waals surface area contributed by atoms with Crippen LogP contribution in [0.1, 0.15) is 77.0 Å². The van der Waals surface area contributed by atoms with Gasteiger partial charge >= 0.3 is 9.05 Å². The van der Waals surface area contributed by atoms with Gasteiger partial charge in [-0.3, -0.25) is 0 Å². The molecule has 0 aromatic heterocycles. The zero-order chi connectivity index (χ0) is 21.5. The van der Waals surface area contributed by atoms with Gasteiger partial charge in [-0.25, -0.2) is 0 Å². The van der Waals surface area contributed by atoms with Gasteiger partial charge in [0.05, 0.1) is 0 Å². The van der Waals surface area contributed by atoms with Crippen molar-refractivity contribution < 1.29 is 38.1 Å². The number of unbranched alkanes of at least 4 members (excludes halogenated alkanes) is 8. The monoisotopic (exact) mass is 440 g/mol. The van der Waals surface area contributed by atoms with Gasteiger partial charge in [0.25, 0.3) is 0 Å². The van der Waals surface area contributed by atoms with Crippen molar-refractivity contribution in [1.82, 2.24) is 0 Å². The van der Waals surface area contributed by atoms with E-state index in [4.69, 9.17) is 38.1 Å². The van der Waals surface area contributed by atoms with Gasteiger partial charge in [-0.15, -0.1) is 0 Å². The number of rotatable bonds is 24. The molecular weight excluding hydrogens is 396 g/mol. The van der Waals surface area contributed by atoms with Crippen LogP contribution in [0.5, 0.6) is 0 Å². The lowest BCUT2D eigenvalue weighted by atomic mass is 10.2. The Hall–Kier alpha value is -0.103. The molecule has 0 rings (SSSR count). The molecule has 0 heterocycles. The van der Waals surface area contributed by atoms with Gasteiger partial charge < -0.3 is 38.1 Å². The van der Waals surface area contributed by atoms with Crippen LogP contribution in [-0.4, -0.2) is 82.3 Å². The van der Waals surface area contributed by atoms with Gasteiger partial charge in [-0.1, -0.05) is 0 Å². The average Bonchev–Trinajstić information content (AvgIpc) is 2.73. The minimum Gasteiger partial charge on any atom is -0.396 e. The van der Waals surface area contributed by atoms with Gasteiger partial charge in [-0.05, 0) is 77.0 Å². The molecular formula is C20H44O8Si. The maximum Gasteiger partial charge on any atom is 0.679 e. The minimum absolute atomic E-state index is 0.173. The molecule has 0 saturated carbocycles. The van der Waals surface area contributed by atoms with Crippen LogP contribution in [0.15, 0.2) is 0 Å². The molecule has 0 radical (unpaired) electrons. The third kappa shape index (κ3) is 18.4. The first kappa shape index (κ1) is 28.9. The zero-order valence-corrected chi connectivity index (χ0v) is 19.1. The summed E-state index contributed by atoms with van der Waals surface area (Å²) in [5, 5.41) is 35.7. The average molecular weight is 441 g/mol. The molecule has 0 fully saturated rings. The molecule has 176 valence electrons. The molecule has 8 nitrogen and oxygen atoms in total. The maximum absolute atomic E-state index is 8.93. The first-order valence-corrected chi connectivity index (χ1v) is 12.9. The summed E-state index contributed by atoms with van der Waals surface area (Å²) in [5.41, 5.74) is 0. The number of hydrogen-bond acceptors (Lipinski definition) is 8. The third-order valence-electron chi connectivity index (χ3n) is 4.33. The van der Waals surface area contributed by atoms with Crippen molar-refractivity contribution in [2.75, 3.05) is 52.9 Å². The Kier molecular flexibility index (Phi) is 22.5. The van der Waals surface area contributed by atoms with Gasteiger partial charge in [0.2, 0.25) is 0 Å². The minimum atomic E-state index is -3.29. The van der Waals surface area contributed by atoms with E-state index in [0.717, 1.165) is 77.0 Å². The van der Waals surface area contributed by atoms with Crippen LogP contribution < -0.4 is 0 Å². The lowest BCUT2D eigenvalue weighted by Crippen LogP contribution is -2.50. The first-order valence-electron chi connectivity index (χ1n) is 11.2. The molecule has 0 saturated heterocycles. The molecule has 9 heteroatoms. The Morgan fingerprint density at radius 1 is 0.345 bits per heavy atom. The molecule has 0 atom stereocenters. The zero-order valence-electron chi connectivity index (χ0n) is 18.1. The molecule has 0 aromatic rings. The normalized spacial score (nSPS) is 12.0. The van der Waals surface area contributed by atoms with Crippen molar-refractivity contribution in [1.29, 1.82) is 0 Å². The second-order valence-electron chi connectivity index (χ2n) is 7.03. The van der Waals surface area contributed by atoms with Crippen molar-refractivity contribution in [2.24, 2.45) is 0 Å². The summed E-state index contributed by atoms with van der Waals surface area (Å²) < 4.78 is 24.2. The van der Waals surface area contributed by atoms with Crippen LogP contribution in [0.4, 0.5) is 0 Å².